The van der Waals surface area contributed by atoms with Crippen LogP contribution < -0.4 is 5.32 Å². The van der Waals surface area contributed by atoms with E-state index in [0.29, 0.717) is 17.4 Å². The molecule has 5 nitrogen and oxygen atoms in total. The zero-order chi connectivity index (χ0) is 20.1. The molecule has 1 aliphatic heterocycles. The maximum Gasteiger partial charge on any atom is 0.242 e. The number of halogens is 1. The molecule has 1 fully saturated rings. The predicted octanol–water partition coefficient (Wildman–Crippen LogP) is 5.13. The Hall–Kier alpha value is -2.12. The van der Waals surface area contributed by atoms with Crippen LogP contribution in [0.4, 0.5) is 11.4 Å². The molecule has 146 valence electrons. The van der Waals surface area contributed by atoms with Crippen molar-refractivity contribution in [2.75, 3.05) is 11.9 Å². The average molecular weight is 460 g/mol. The van der Waals surface area contributed by atoms with Crippen LogP contribution in [0.3, 0.4) is 0 Å². The van der Waals surface area contributed by atoms with Gasteiger partial charge in [-0.2, -0.15) is 0 Å². The summed E-state index contributed by atoms with van der Waals surface area (Å²) < 4.78 is 0.808. The summed E-state index contributed by atoms with van der Waals surface area (Å²) in [7, 11) is 0. The Morgan fingerprint density at radius 1 is 1.25 bits per heavy atom. The van der Waals surface area contributed by atoms with Gasteiger partial charge in [0.1, 0.15) is 5.25 Å². The Balaban J connectivity index is 1.74. The van der Waals surface area contributed by atoms with Crippen molar-refractivity contribution in [1.29, 1.82) is 0 Å². The minimum atomic E-state index is -0.461. The van der Waals surface area contributed by atoms with Gasteiger partial charge in [-0.3, -0.25) is 14.5 Å². The first kappa shape index (κ1) is 20.6. The van der Waals surface area contributed by atoms with Crippen molar-refractivity contribution >= 4 is 56.0 Å². The molecule has 1 heterocycles. The lowest BCUT2D eigenvalue weighted by Crippen LogP contribution is -2.34. The molecule has 2 aromatic carbocycles. The van der Waals surface area contributed by atoms with E-state index in [1.165, 1.54) is 11.8 Å². The molecular weight excluding hydrogens is 438 g/mol. The average Bonchev–Trinajstić information content (AvgIpc) is 2.93. The van der Waals surface area contributed by atoms with Gasteiger partial charge in [-0.05, 0) is 59.1 Å². The molecule has 0 radical (unpaired) electrons. The third kappa shape index (κ3) is 5.02. The van der Waals surface area contributed by atoms with Gasteiger partial charge in [0.2, 0.25) is 11.8 Å². The van der Waals surface area contributed by atoms with Crippen LogP contribution in [0, 0.1) is 6.92 Å². The smallest absolute Gasteiger partial charge is 0.242 e. The van der Waals surface area contributed by atoms with Gasteiger partial charge in [0.05, 0.1) is 11.4 Å². The lowest BCUT2D eigenvalue weighted by atomic mass is 10.2. The van der Waals surface area contributed by atoms with Crippen LogP contribution >= 0.6 is 27.7 Å². The summed E-state index contributed by atoms with van der Waals surface area (Å²) in [6.45, 7) is 4.63. The summed E-state index contributed by atoms with van der Waals surface area (Å²) in [5.74, 6) is -0.244. The van der Waals surface area contributed by atoms with E-state index in [1.54, 1.807) is 4.90 Å². The number of rotatable bonds is 6. The van der Waals surface area contributed by atoms with Crippen molar-refractivity contribution < 1.29 is 9.59 Å². The second-order valence-corrected chi connectivity index (χ2v) is 8.59. The van der Waals surface area contributed by atoms with Crippen molar-refractivity contribution in [3.63, 3.8) is 0 Å². The maximum absolute atomic E-state index is 12.9. The predicted molar refractivity (Wildman–Crippen MR) is 119 cm³/mol. The molecule has 0 saturated carbocycles. The monoisotopic (exact) mass is 459 g/mol. The Morgan fingerprint density at radius 3 is 2.75 bits per heavy atom. The zero-order valence-electron chi connectivity index (χ0n) is 15.8. The van der Waals surface area contributed by atoms with Crippen molar-refractivity contribution in [3.05, 3.63) is 58.6 Å². The molecule has 2 amide bonds. The Morgan fingerprint density at radius 2 is 2.04 bits per heavy atom. The fourth-order valence-corrected chi connectivity index (χ4v) is 4.46. The van der Waals surface area contributed by atoms with E-state index in [0.717, 1.165) is 22.1 Å². The standard InChI is InChI=1S/C21H22BrN3O2S/c1-3-11-25-20(27)18(13-19(26)24-17-10-5-4-9-16(17)22)28-21(25)23-15-8-6-7-14(2)12-15/h4-10,12,18H,3,11,13H2,1-2H3,(H,24,26). The normalized spacial score (nSPS) is 18.0. The summed E-state index contributed by atoms with van der Waals surface area (Å²) in [4.78, 5) is 31.7. The number of anilines is 1. The number of benzene rings is 2. The van der Waals surface area contributed by atoms with Crippen LogP contribution in [-0.2, 0) is 9.59 Å². The molecule has 28 heavy (non-hydrogen) atoms. The Bertz CT molecular complexity index is 916. The minimum Gasteiger partial charge on any atom is -0.325 e. The molecule has 3 rings (SSSR count). The topological polar surface area (TPSA) is 61.8 Å². The van der Waals surface area contributed by atoms with Crippen molar-refractivity contribution in [2.24, 2.45) is 4.99 Å². The number of hydrogen-bond donors (Lipinski definition) is 1. The maximum atomic E-state index is 12.9. The molecule has 0 aromatic heterocycles. The number of hydrogen-bond acceptors (Lipinski definition) is 4. The van der Waals surface area contributed by atoms with Crippen LogP contribution in [0.25, 0.3) is 0 Å². The van der Waals surface area contributed by atoms with Crippen LogP contribution in [0.15, 0.2) is 58.0 Å². The van der Waals surface area contributed by atoms with E-state index < -0.39 is 5.25 Å². The second kappa shape index (κ2) is 9.39. The quantitative estimate of drug-likeness (QED) is 0.651. The number of amides is 2. The molecule has 0 aliphatic carbocycles. The van der Waals surface area contributed by atoms with E-state index in [-0.39, 0.29) is 18.2 Å². The van der Waals surface area contributed by atoms with Gasteiger partial charge in [0.25, 0.3) is 0 Å². The Labute approximate surface area is 177 Å². The number of para-hydroxylation sites is 1. The summed E-state index contributed by atoms with van der Waals surface area (Å²) in [5.41, 5.74) is 2.62. The van der Waals surface area contributed by atoms with Gasteiger partial charge in [0, 0.05) is 17.4 Å². The number of amidine groups is 1. The molecule has 1 unspecified atom stereocenters. The highest BCUT2D eigenvalue weighted by Gasteiger charge is 2.38. The first-order chi connectivity index (χ1) is 13.5. The highest BCUT2D eigenvalue weighted by molar-refractivity contribution is 9.10. The molecule has 2 aromatic rings. The zero-order valence-corrected chi connectivity index (χ0v) is 18.2. The SMILES string of the molecule is CCCN1C(=O)C(CC(=O)Nc2ccccc2Br)SC1=Nc1cccc(C)c1. The van der Waals surface area contributed by atoms with Crippen LogP contribution in [0.2, 0.25) is 0 Å². The molecular formula is C21H22BrN3O2S. The molecule has 1 aliphatic rings. The van der Waals surface area contributed by atoms with E-state index in [1.807, 2.05) is 62.4 Å². The van der Waals surface area contributed by atoms with Gasteiger partial charge in [-0.25, -0.2) is 4.99 Å². The number of carbonyl (C=O) groups excluding carboxylic acids is 2. The van der Waals surface area contributed by atoms with Crippen LogP contribution in [0.5, 0.6) is 0 Å². The fraction of sp³-hybridized carbons (Fsp3) is 0.286. The van der Waals surface area contributed by atoms with Crippen molar-refractivity contribution in [3.8, 4) is 0 Å². The summed E-state index contributed by atoms with van der Waals surface area (Å²) in [6.07, 6.45) is 0.937. The highest BCUT2D eigenvalue weighted by Crippen LogP contribution is 2.32. The number of thioether (sulfide) groups is 1. The highest BCUT2D eigenvalue weighted by atomic mass is 79.9. The van der Waals surface area contributed by atoms with Crippen LogP contribution in [0.1, 0.15) is 25.3 Å². The van der Waals surface area contributed by atoms with Crippen molar-refractivity contribution in [1.82, 2.24) is 4.90 Å². The van der Waals surface area contributed by atoms with Crippen molar-refractivity contribution in [2.45, 2.75) is 31.9 Å². The largest absolute Gasteiger partial charge is 0.325 e. The first-order valence-corrected chi connectivity index (χ1v) is 10.8. The lowest BCUT2D eigenvalue weighted by Gasteiger charge is -2.15. The molecule has 1 saturated heterocycles. The van der Waals surface area contributed by atoms with Gasteiger partial charge >= 0.3 is 0 Å². The van der Waals surface area contributed by atoms with E-state index in [9.17, 15) is 9.59 Å². The van der Waals surface area contributed by atoms with E-state index >= 15 is 0 Å². The summed E-state index contributed by atoms with van der Waals surface area (Å²) >= 11 is 4.78. The third-order valence-electron chi connectivity index (χ3n) is 4.21. The second-order valence-electron chi connectivity index (χ2n) is 6.56. The number of aryl methyl sites for hydroxylation is 1. The van der Waals surface area contributed by atoms with Gasteiger partial charge in [-0.15, -0.1) is 0 Å². The molecule has 1 atom stereocenters. The number of nitrogens with one attached hydrogen (secondary N) is 1. The number of carbonyl (C=O) groups is 2. The number of aliphatic imine (C=N–C) groups is 1. The van der Waals surface area contributed by atoms with Gasteiger partial charge in [-0.1, -0.05) is 43.0 Å². The first-order valence-electron chi connectivity index (χ1n) is 9.15. The molecule has 1 N–H and O–H groups in total. The van der Waals surface area contributed by atoms with E-state index in [2.05, 4.69) is 26.2 Å². The van der Waals surface area contributed by atoms with E-state index in [4.69, 9.17) is 0 Å². The molecule has 7 heteroatoms. The van der Waals surface area contributed by atoms with Crippen LogP contribution in [-0.4, -0.2) is 33.7 Å². The van der Waals surface area contributed by atoms with Gasteiger partial charge < -0.3 is 5.32 Å². The fourth-order valence-electron chi connectivity index (χ4n) is 2.89. The summed E-state index contributed by atoms with van der Waals surface area (Å²) in [5, 5.41) is 3.07. The minimum absolute atomic E-state index is 0.0551. The van der Waals surface area contributed by atoms with Gasteiger partial charge in [0.15, 0.2) is 5.17 Å². The molecule has 0 spiro atoms. The Kier molecular flexibility index (Phi) is 6.91. The lowest BCUT2D eigenvalue weighted by molar-refractivity contribution is -0.128. The summed E-state index contributed by atoms with van der Waals surface area (Å²) in [6, 6.07) is 15.3. The number of nitrogens with zero attached hydrogens (tertiary/aromatic N) is 2. The molecule has 0 bridgehead atoms. The third-order valence-corrected chi connectivity index (χ3v) is 6.08.